The molecule has 0 aliphatic rings. The maximum Gasteiger partial charge on any atom is 0.336 e. The number of rotatable bonds is 4. The fraction of sp³-hybridized carbons (Fsp3) is 0.188. The van der Waals surface area contributed by atoms with Crippen LogP contribution in [0.2, 0.25) is 0 Å². The summed E-state index contributed by atoms with van der Waals surface area (Å²) in [4.78, 5) is 28.2. The molecule has 4 nitrogen and oxygen atoms in total. The largest absolute Gasteiger partial charge is 0.478 e. The van der Waals surface area contributed by atoms with E-state index in [0.717, 1.165) is 10.5 Å². The predicted octanol–water partition coefficient (Wildman–Crippen LogP) is 3.86. The molecule has 0 saturated heterocycles. The van der Waals surface area contributed by atoms with E-state index in [4.69, 9.17) is 0 Å². The lowest BCUT2D eigenvalue weighted by atomic mass is 10.0. The zero-order valence-corrected chi connectivity index (χ0v) is 12.8. The maximum atomic E-state index is 11.5. The molecular weight excluding hydrogens is 286 g/mol. The first-order valence-electron chi connectivity index (χ1n) is 6.37. The summed E-state index contributed by atoms with van der Waals surface area (Å²) in [6.45, 7) is 3.31. The molecule has 1 aromatic heterocycles. The first-order chi connectivity index (χ1) is 9.97. The van der Waals surface area contributed by atoms with Crippen molar-refractivity contribution in [2.24, 2.45) is 0 Å². The number of carboxylic acids is 1. The summed E-state index contributed by atoms with van der Waals surface area (Å²) in [5, 5.41) is 9.91. The first-order valence-corrected chi connectivity index (χ1v) is 7.60. The van der Waals surface area contributed by atoms with Crippen molar-refractivity contribution in [3.63, 3.8) is 0 Å². The average molecular weight is 301 g/mol. The number of thioether (sulfide) groups is 1. The van der Waals surface area contributed by atoms with E-state index in [1.807, 2.05) is 31.4 Å². The molecule has 1 N–H and O–H groups in total. The number of hydrogen-bond donors (Lipinski definition) is 1. The number of carboxylic acid groups (broad SMARTS) is 1. The number of pyridine rings is 1. The Morgan fingerprint density at radius 2 is 2.00 bits per heavy atom. The lowest BCUT2D eigenvalue weighted by molar-refractivity contribution is 0.0699. The van der Waals surface area contributed by atoms with Gasteiger partial charge in [0.05, 0.1) is 11.1 Å². The first kappa shape index (κ1) is 15.3. The number of nitrogens with zero attached hydrogens (tertiary/aromatic N) is 1. The van der Waals surface area contributed by atoms with Gasteiger partial charge in [0, 0.05) is 17.2 Å². The Hall–Kier alpha value is -2.14. The Morgan fingerprint density at radius 3 is 2.52 bits per heavy atom. The second-order valence-electron chi connectivity index (χ2n) is 4.51. The fourth-order valence-electron chi connectivity index (χ4n) is 2.14. The molecule has 5 heteroatoms. The maximum absolute atomic E-state index is 11.5. The molecule has 0 aliphatic carbocycles. The highest BCUT2D eigenvalue weighted by Crippen LogP contribution is 2.29. The SMILES string of the molecule is C/C=C(\SC)c1ccc2nc(C(C)=O)cc(C(=O)O)c2c1. The van der Waals surface area contributed by atoms with Gasteiger partial charge in [-0.15, -0.1) is 11.8 Å². The predicted molar refractivity (Wildman–Crippen MR) is 85.9 cm³/mol. The molecule has 108 valence electrons. The molecular formula is C16H15NO3S. The molecule has 2 rings (SSSR count). The standard InChI is InChI=1S/C16H15NO3S/c1-4-15(21-3)10-5-6-13-11(7-10)12(16(19)20)8-14(17-13)9(2)18/h4-8H,1-3H3,(H,19,20)/b15-4-. The highest BCUT2D eigenvalue weighted by atomic mass is 32.2. The van der Waals surface area contributed by atoms with Crippen molar-refractivity contribution in [3.8, 4) is 0 Å². The topological polar surface area (TPSA) is 67.3 Å². The number of carbonyl (C=O) groups excluding carboxylic acids is 1. The van der Waals surface area contributed by atoms with Crippen molar-refractivity contribution in [2.75, 3.05) is 6.26 Å². The third-order valence-electron chi connectivity index (χ3n) is 3.17. The van der Waals surface area contributed by atoms with Gasteiger partial charge in [-0.3, -0.25) is 4.79 Å². The molecule has 21 heavy (non-hydrogen) atoms. The van der Waals surface area contributed by atoms with E-state index >= 15 is 0 Å². The monoisotopic (exact) mass is 301 g/mol. The van der Waals surface area contributed by atoms with Crippen molar-refractivity contribution in [1.82, 2.24) is 4.98 Å². The molecule has 0 saturated carbocycles. The van der Waals surface area contributed by atoms with Crippen LogP contribution in [0.25, 0.3) is 15.8 Å². The number of aromatic carboxylic acids is 1. The highest BCUT2D eigenvalue weighted by Gasteiger charge is 2.15. The summed E-state index contributed by atoms with van der Waals surface area (Å²) in [7, 11) is 0. The molecule has 0 radical (unpaired) electrons. The van der Waals surface area contributed by atoms with E-state index in [9.17, 15) is 14.7 Å². The zero-order chi connectivity index (χ0) is 15.6. The second-order valence-corrected chi connectivity index (χ2v) is 5.35. The number of benzene rings is 1. The lowest BCUT2D eigenvalue weighted by Crippen LogP contribution is -2.05. The summed E-state index contributed by atoms with van der Waals surface area (Å²) in [5.74, 6) is -1.31. The molecule has 2 aromatic rings. The van der Waals surface area contributed by atoms with Crippen LogP contribution in [0.4, 0.5) is 0 Å². The van der Waals surface area contributed by atoms with Crippen LogP contribution >= 0.6 is 11.8 Å². The summed E-state index contributed by atoms with van der Waals surface area (Å²) in [5.41, 5.74) is 1.73. The average Bonchev–Trinajstić information content (AvgIpc) is 2.47. The molecule has 0 unspecified atom stereocenters. The van der Waals surface area contributed by atoms with Gasteiger partial charge in [-0.2, -0.15) is 0 Å². The Kier molecular flexibility index (Phi) is 4.43. The minimum Gasteiger partial charge on any atom is -0.478 e. The molecule has 0 aliphatic heterocycles. The van der Waals surface area contributed by atoms with Crippen molar-refractivity contribution in [1.29, 1.82) is 0 Å². The lowest BCUT2D eigenvalue weighted by Gasteiger charge is -2.09. The summed E-state index contributed by atoms with van der Waals surface area (Å²) < 4.78 is 0. The number of fused-ring (bicyclic) bond motifs is 1. The van der Waals surface area contributed by atoms with E-state index in [0.29, 0.717) is 10.9 Å². The van der Waals surface area contributed by atoms with Gasteiger partial charge < -0.3 is 5.11 Å². The fourth-order valence-corrected chi connectivity index (χ4v) is 2.74. The van der Waals surface area contributed by atoms with Gasteiger partial charge in [0.2, 0.25) is 0 Å². The number of aromatic nitrogens is 1. The van der Waals surface area contributed by atoms with Crippen LogP contribution in [0.5, 0.6) is 0 Å². The van der Waals surface area contributed by atoms with Crippen molar-refractivity contribution >= 4 is 39.3 Å². The Balaban J connectivity index is 2.77. The smallest absolute Gasteiger partial charge is 0.336 e. The molecule has 0 spiro atoms. The van der Waals surface area contributed by atoms with E-state index in [-0.39, 0.29) is 17.0 Å². The Bertz CT molecular complexity index is 765. The van der Waals surface area contributed by atoms with Crippen LogP contribution in [0.3, 0.4) is 0 Å². The van der Waals surface area contributed by atoms with Gasteiger partial charge in [-0.05, 0) is 36.9 Å². The third kappa shape index (κ3) is 2.97. The van der Waals surface area contributed by atoms with Crippen molar-refractivity contribution in [3.05, 3.63) is 47.2 Å². The minimum absolute atomic E-state index is 0.101. The Labute approximate surface area is 126 Å². The molecule has 0 bridgehead atoms. The highest BCUT2D eigenvalue weighted by molar-refractivity contribution is 8.07. The minimum atomic E-state index is -1.06. The summed E-state index contributed by atoms with van der Waals surface area (Å²) >= 11 is 1.59. The van der Waals surface area contributed by atoms with E-state index in [2.05, 4.69) is 4.98 Å². The number of allylic oxidation sites excluding steroid dienone is 1. The van der Waals surface area contributed by atoms with Gasteiger partial charge in [-0.25, -0.2) is 9.78 Å². The second kappa shape index (κ2) is 6.10. The van der Waals surface area contributed by atoms with Crippen LogP contribution < -0.4 is 0 Å². The van der Waals surface area contributed by atoms with E-state index in [1.54, 1.807) is 17.8 Å². The van der Waals surface area contributed by atoms with Crippen LogP contribution in [-0.4, -0.2) is 28.1 Å². The summed E-state index contributed by atoms with van der Waals surface area (Å²) in [6.07, 6.45) is 3.94. The van der Waals surface area contributed by atoms with Gasteiger partial charge in [-0.1, -0.05) is 12.1 Å². The molecule has 0 atom stereocenters. The number of carbonyl (C=O) groups is 2. The van der Waals surface area contributed by atoms with E-state index < -0.39 is 5.97 Å². The number of ketones is 1. The van der Waals surface area contributed by atoms with Crippen LogP contribution in [0.15, 0.2) is 30.3 Å². The van der Waals surface area contributed by atoms with Crippen LogP contribution in [0.1, 0.15) is 40.3 Å². The van der Waals surface area contributed by atoms with Gasteiger partial charge >= 0.3 is 5.97 Å². The number of hydrogen-bond acceptors (Lipinski definition) is 4. The van der Waals surface area contributed by atoms with Crippen molar-refractivity contribution < 1.29 is 14.7 Å². The molecule has 1 aromatic carbocycles. The quantitative estimate of drug-likeness (QED) is 0.869. The van der Waals surface area contributed by atoms with Crippen LogP contribution in [0, 0.1) is 0 Å². The molecule has 0 fully saturated rings. The third-order valence-corrected chi connectivity index (χ3v) is 4.08. The normalized spacial score (nSPS) is 11.7. The zero-order valence-electron chi connectivity index (χ0n) is 12.0. The molecule has 0 amide bonds. The Morgan fingerprint density at radius 1 is 1.29 bits per heavy atom. The van der Waals surface area contributed by atoms with Crippen LogP contribution in [-0.2, 0) is 0 Å². The van der Waals surface area contributed by atoms with Gasteiger partial charge in [0.15, 0.2) is 5.78 Å². The number of Topliss-reactive ketones (excluding diaryl/α,β-unsaturated/α-hetero) is 1. The van der Waals surface area contributed by atoms with Gasteiger partial charge in [0.25, 0.3) is 0 Å². The molecule has 1 heterocycles. The summed E-state index contributed by atoms with van der Waals surface area (Å²) in [6, 6.07) is 6.78. The van der Waals surface area contributed by atoms with E-state index in [1.165, 1.54) is 13.0 Å². The van der Waals surface area contributed by atoms with Crippen molar-refractivity contribution in [2.45, 2.75) is 13.8 Å². The van der Waals surface area contributed by atoms with Gasteiger partial charge in [0.1, 0.15) is 5.69 Å².